The van der Waals surface area contributed by atoms with E-state index in [1.807, 2.05) is 19.9 Å². The number of thiazole rings is 1. The van der Waals surface area contributed by atoms with Crippen molar-refractivity contribution >= 4 is 17.2 Å². The van der Waals surface area contributed by atoms with Crippen LogP contribution < -0.4 is 5.73 Å². The molecule has 0 saturated heterocycles. The number of anilines is 1. The standard InChI is InChI=1S/C9H10N2OS/c1-5-7(3-4-12-5)9-11-8(10)6(2)13-9/h3-4H,10H2,1-2H3. The maximum Gasteiger partial charge on any atom is 0.138 e. The number of aromatic nitrogens is 1. The number of hydrogen-bond donors (Lipinski definition) is 1. The maximum absolute atomic E-state index is 5.67. The second kappa shape index (κ2) is 2.88. The minimum atomic E-state index is 0.612. The molecule has 0 fully saturated rings. The van der Waals surface area contributed by atoms with Gasteiger partial charge in [-0.3, -0.25) is 0 Å². The van der Waals surface area contributed by atoms with Crippen molar-refractivity contribution in [1.82, 2.24) is 4.98 Å². The van der Waals surface area contributed by atoms with Gasteiger partial charge in [0, 0.05) is 4.88 Å². The molecule has 3 nitrogen and oxygen atoms in total. The first-order valence-electron chi connectivity index (χ1n) is 3.96. The van der Waals surface area contributed by atoms with Gasteiger partial charge in [0.05, 0.1) is 11.8 Å². The Kier molecular flexibility index (Phi) is 1.84. The zero-order valence-corrected chi connectivity index (χ0v) is 8.31. The second-order valence-electron chi connectivity index (χ2n) is 2.85. The molecule has 2 N–H and O–H groups in total. The molecule has 0 aliphatic carbocycles. The van der Waals surface area contributed by atoms with Crippen molar-refractivity contribution in [1.29, 1.82) is 0 Å². The minimum Gasteiger partial charge on any atom is -0.469 e. The Hall–Kier alpha value is -1.29. The Morgan fingerprint density at radius 2 is 2.23 bits per heavy atom. The van der Waals surface area contributed by atoms with Crippen molar-refractivity contribution in [2.45, 2.75) is 13.8 Å². The molecule has 0 unspecified atom stereocenters. The molecule has 13 heavy (non-hydrogen) atoms. The zero-order chi connectivity index (χ0) is 9.42. The molecule has 0 atom stereocenters. The number of nitrogen functional groups attached to an aromatic ring is 1. The third-order valence-electron chi connectivity index (χ3n) is 1.92. The summed E-state index contributed by atoms with van der Waals surface area (Å²) in [6, 6.07) is 1.91. The molecular weight excluding hydrogens is 184 g/mol. The van der Waals surface area contributed by atoms with Gasteiger partial charge in [-0.1, -0.05) is 0 Å². The molecule has 0 saturated carbocycles. The molecule has 0 bridgehead atoms. The molecule has 0 aliphatic heterocycles. The van der Waals surface area contributed by atoms with E-state index in [-0.39, 0.29) is 0 Å². The van der Waals surface area contributed by atoms with Crippen molar-refractivity contribution in [3.63, 3.8) is 0 Å². The van der Waals surface area contributed by atoms with Crippen LogP contribution in [0.5, 0.6) is 0 Å². The molecule has 0 aromatic carbocycles. The lowest BCUT2D eigenvalue weighted by Gasteiger charge is -1.89. The fraction of sp³-hybridized carbons (Fsp3) is 0.222. The number of rotatable bonds is 1. The zero-order valence-electron chi connectivity index (χ0n) is 7.50. The van der Waals surface area contributed by atoms with Gasteiger partial charge in [-0.2, -0.15) is 0 Å². The summed E-state index contributed by atoms with van der Waals surface area (Å²) in [5.74, 6) is 1.49. The van der Waals surface area contributed by atoms with E-state index >= 15 is 0 Å². The van der Waals surface area contributed by atoms with Crippen LogP contribution in [0.25, 0.3) is 10.6 Å². The van der Waals surface area contributed by atoms with Gasteiger partial charge in [-0.25, -0.2) is 4.98 Å². The van der Waals surface area contributed by atoms with E-state index in [0.29, 0.717) is 5.82 Å². The first-order valence-corrected chi connectivity index (χ1v) is 4.77. The van der Waals surface area contributed by atoms with Crippen LogP contribution in [-0.2, 0) is 0 Å². The number of nitrogens with two attached hydrogens (primary N) is 1. The highest BCUT2D eigenvalue weighted by Gasteiger charge is 2.10. The Morgan fingerprint density at radius 3 is 2.69 bits per heavy atom. The highest BCUT2D eigenvalue weighted by molar-refractivity contribution is 7.15. The van der Waals surface area contributed by atoms with Crippen molar-refractivity contribution in [3.05, 3.63) is 23.0 Å². The first kappa shape index (κ1) is 8.31. The van der Waals surface area contributed by atoms with E-state index in [9.17, 15) is 0 Å². The first-order chi connectivity index (χ1) is 6.18. The van der Waals surface area contributed by atoms with E-state index in [2.05, 4.69) is 4.98 Å². The van der Waals surface area contributed by atoms with E-state index in [1.54, 1.807) is 17.6 Å². The Balaban J connectivity index is 2.53. The Morgan fingerprint density at radius 1 is 1.46 bits per heavy atom. The van der Waals surface area contributed by atoms with E-state index in [1.165, 1.54) is 0 Å². The summed E-state index contributed by atoms with van der Waals surface area (Å²) in [4.78, 5) is 5.30. The SMILES string of the molecule is Cc1occc1-c1nc(N)c(C)s1. The smallest absolute Gasteiger partial charge is 0.138 e. The third kappa shape index (κ3) is 1.33. The van der Waals surface area contributed by atoms with Crippen LogP contribution in [0.3, 0.4) is 0 Å². The van der Waals surface area contributed by atoms with E-state index in [0.717, 1.165) is 21.2 Å². The average Bonchev–Trinajstić information content (AvgIpc) is 2.60. The fourth-order valence-electron chi connectivity index (χ4n) is 1.13. The van der Waals surface area contributed by atoms with E-state index < -0.39 is 0 Å². The number of nitrogens with zero attached hydrogens (tertiary/aromatic N) is 1. The Bertz CT molecular complexity index is 411. The van der Waals surface area contributed by atoms with Crippen molar-refractivity contribution < 1.29 is 4.42 Å². The predicted molar refractivity (Wildman–Crippen MR) is 53.7 cm³/mol. The van der Waals surface area contributed by atoms with Crippen LogP contribution in [0.15, 0.2) is 16.7 Å². The fourth-order valence-corrected chi connectivity index (χ4v) is 2.04. The quantitative estimate of drug-likeness (QED) is 0.759. The molecule has 68 valence electrons. The van der Waals surface area contributed by atoms with Crippen LogP contribution in [0.4, 0.5) is 5.82 Å². The summed E-state index contributed by atoms with van der Waals surface area (Å²) in [6.45, 7) is 3.88. The van der Waals surface area contributed by atoms with Crippen LogP contribution in [0, 0.1) is 13.8 Å². The van der Waals surface area contributed by atoms with Gasteiger partial charge in [-0.05, 0) is 19.9 Å². The molecule has 0 amide bonds. The van der Waals surface area contributed by atoms with Crippen LogP contribution >= 0.6 is 11.3 Å². The van der Waals surface area contributed by atoms with Gasteiger partial charge in [0.25, 0.3) is 0 Å². The van der Waals surface area contributed by atoms with Gasteiger partial charge >= 0.3 is 0 Å². The lowest BCUT2D eigenvalue weighted by atomic mass is 10.3. The van der Waals surface area contributed by atoms with Crippen LogP contribution in [0.2, 0.25) is 0 Å². The number of hydrogen-bond acceptors (Lipinski definition) is 4. The predicted octanol–water partition coefficient (Wildman–Crippen LogP) is 2.60. The normalized spacial score (nSPS) is 10.6. The van der Waals surface area contributed by atoms with Crippen LogP contribution in [0.1, 0.15) is 10.6 Å². The summed E-state index contributed by atoms with van der Waals surface area (Å²) in [5.41, 5.74) is 6.70. The molecule has 2 rings (SSSR count). The lowest BCUT2D eigenvalue weighted by Crippen LogP contribution is -1.85. The Labute approximate surface area is 80.2 Å². The molecule has 4 heteroatoms. The maximum atomic E-state index is 5.67. The highest BCUT2D eigenvalue weighted by atomic mass is 32.1. The summed E-state index contributed by atoms with van der Waals surface area (Å²) in [5, 5.41) is 0.932. The molecule has 0 aliphatic rings. The molecule has 2 aromatic rings. The highest BCUT2D eigenvalue weighted by Crippen LogP contribution is 2.31. The molecule has 0 radical (unpaired) electrons. The van der Waals surface area contributed by atoms with Gasteiger partial charge in [-0.15, -0.1) is 11.3 Å². The van der Waals surface area contributed by atoms with Gasteiger partial charge in [0.15, 0.2) is 0 Å². The van der Waals surface area contributed by atoms with Crippen molar-refractivity contribution in [3.8, 4) is 10.6 Å². The van der Waals surface area contributed by atoms with Gasteiger partial charge in [0.1, 0.15) is 16.6 Å². The molecule has 2 heterocycles. The topological polar surface area (TPSA) is 52.0 Å². The molecule has 2 aromatic heterocycles. The largest absolute Gasteiger partial charge is 0.469 e. The van der Waals surface area contributed by atoms with Gasteiger partial charge < -0.3 is 10.2 Å². The number of furan rings is 1. The average molecular weight is 194 g/mol. The van der Waals surface area contributed by atoms with Crippen molar-refractivity contribution in [2.24, 2.45) is 0 Å². The van der Waals surface area contributed by atoms with Crippen molar-refractivity contribution in [2.75, 3.05) is 5.73 Å². The van der Waals surface area contributed by atoms with E-state index in [4.69, 9.17) is 10.2 Å². The lowest BCUT2D eigenvalue weighted by molar-refractivity contribution is 0.535. The minimum absolute atomic E-state index is 0.612. The van der Waals surface area contributed by atoms with Crippen LogP contribution in [-0.4, -0.2) is 4.98 Å². The summed E-state index contributed by atoms with van der Waals surface area (Å²) >= 11 is 1.59. The summed E-state index contributed by atoms with van der Waals surface area (Å²) in [7, 11) is 0. The molecule has 0 spiro atoms. The second-order valence-corrected chi connectivity index (χ2v) is 4.05. The monoisotopic (exact) mass is 194 g/mol. The summed E-state index contributed by atoms with van der Waals surface area (Å²) < 4.78 is 5.19. The van der Waals surface area contributed by atoms with Gasteiger partial charge in [0.2, 0.25) is 0 Å². The third-order valence-corrected chi connectivity index (χ3v) is 2.94. The summed E-state index contributed by atoms with van der Waals surface area (Å²) in [6.07, 6.45) is 1.66. The number of aryl methyl sites for hydroxylation is 2. The molecular formula is C9H10N2OS.